The Bertz CT molecular complexity index is 723. The van der Waals surface area contributed by atoms with Gasteiger partial charge in [-0.15, -0.1) is 0 Å². The molecule has 4 heterocycles. The van der Waals surface area contributed by atoms with Crippen molar-refractivity contribution in [3.63, 3.8) is 0 Å². The molecule has 0 bridgehead atoms. The zero-order valence-electron chi connectivity index (χ0n) is 10.8. The largest absolute Gasteiger partial charge is 0.329 e. The lowest BCUT2D eigenvalue weighted by Crippen LogP contribution is -2.14. The van der Waals surface area contributed by atoms with Crippen molar-refractivity contribution in [2.75, 3.05) is 31.3 Å². The Hall–Kier alpha value is -1.21. The molecule has 0 aliphatic carbocycles. The van der Waals surface area contributed by atoms with Gasteiger partial charge in [0, 0.05) is 33.2 Å². The van der Waals surface area contributed by atoms with E-state index in [1.165, 1.54) is 0 Å². The molecule has 2 aromatic rings. The summed E-state index contributed by atoms with van der Waals surface area (Å²) in [6.07, 6.45) is 1.64. The Kier molecular flexibility index (Phi) is 2.59. The van der Waals surface area contributed by atoms with Gasteiger partial charge in [0.1, 0.15) is 5.52 Å². The lowest BCUT2D eigenvalue weighted by atomic mass is 10.5. The molecule has 0 atom stereocenters. The number of hydrogen-bond acceptors (Lipinski definition) is 4. The van der Waals surface area contributed by atoms with Crippen LogP contribution in [0.25, 0.3) is 11.2 Å². The van der Waals surface area contributed by atoms with Crippen LogP contribution in [0.4, 0.5) is 5.82 Å². The quantitative estimate of drug-likeness (QED) is 0.515. The fourth-order valence-electron chi connectivity index (χ4n) is 2.20. The first-order valence-corrected chi connectivity index (χ1v) is 8.31. The highest BCUT2D eigenvalue weighted by Gasteiger charge is 2.48. The topological polar surface area (TPSA) is 78.7 Å². The van der Waals surface area contributed by atoms with Crippen molar-refractivity contribution in [2.45, 2.75) is 0 Å². The van der Waals surface area contributed by atoms with E-state index in [-0.39, 0.29) is 5.28 Å². The second-order valence-corrected chi connectivity index (χ2v) is 7.71. The third-order valence-corrected chi connectivity index (χ3v) is 6.42. The highest BCUT2D eigenvalue weighted by molar-refractivity contribution is 7.61. The average molecular weight is 314 g/mol. The molecule has 2 aliphatic heterocycles. The zero-order chi connectivity index (χ0) is 13.9. The monoisotopic (exact) mass is 313 g/mol. The molecule has 0 spiro atoms. The SMILES string of the molecule is Cn1cnc2nc(Cl)nc(NP(=O)(N3CC3)N3CC3)c21. The molecule has 0 unspecified atom stereocenters. The minimum atomic E-state index is -2.76. The second-order valence-electron chi connectivity index (χ2n) is 4.93. The minimum absolute atomic E-state index is 0.0989. The van der Waals surface area contributed by atoms with E-state index in [2.05, 4.69) is 20.0 Å². The van der Waals surface area contributed by atoms with E-state index in [0.29, 0.717) is 17.0 Å². The number of anilines is 1. The molecule has 1 N–H and O–H groups in total. The van der Waals surface area contributed by atoms with Crippen molar-refractivity contribution in [1.82, 2.24) is 28.9 Å². The van der Waals surface area contributed by atoms with Crippen LogP contribution in [0, 0.1) is 0 Å². The molecule has 2 aromatic heterocycles. The molecule has 0 radical (unpaired) electrons. The molecule has 20 heavy (non-hydrogen) atoms. The van der Waals surface area contributed by atoms with Crippen molar-refractivity contribution in [3.8, 4) is 0 Å². The molecule has 0 aromatic carbocycles. The first kappa shape index (κ1) is 12.5. The van der Waals surface area contributed by atoms with Crippen LogP contribution in [0.2, 0.25) is 5.28 Å². The number of nitrogens with zero attached hydrogens (tertiary/aromatic N) is 6. The maximum absolute atomic E-state index is 13.1. The summed E-state index contributed by atoms with van der Waals surface area (Å²) in [4.78, 5) is 12.4. The van der Waals surface area contributed by atoms with Crippen LogP contribution >= 0.6 is 19.2 Å². The summed E-state index contributed by atoms with van der Waals surface area (Å²) >= 11 is 5.92. The molecule has 4 rings (SSSR count). The fourth-order valence-corrected chi connectivity index (χ4v) is 4.70. The third kappa shape index (κ3) is 1.91. The van der Waals surface area contributed by atoms with E-state index in [9.17, 15) is 4.57 Å². The molecular weight excluding hydrogens is 301 g/mol. The number of halogens is 1. The predicted octanol–water partition coefficient (Wildman–Crippen LogP) is 1.17. The lowest BCUT2D eigenvalue weighted by molar-refractivity contribution is 0.524. The van der Waals surface area contributed by atoms with Gasteiger partial charge >= 0.3 is 7.59 Å². The summed E-state index contributed by atoms with van der Waals surface area (Å²) in [6.45, 7) is 3.37. The number of imidazole rings is 1. The third-order valence-electron chi connectivity index (χ3n) is 3.41. The van der Waals surface area contributed by atoms with Crippen molar-refractivity contribution in [3.05, 3.63) is 11.6 Å². The molecule has 0 amide bonds. The Morgan fingerprint density at radius 1 is 1.25 bits per heavy atom. The first-order chi connectivity index (χ1) is 9.58. The molecule has 0 saturated carbocycles. The van der Waals surface area contributed by atoms with E-state index < -0.39 is 7.59 Å². The Labute approximate surface area is 120 Å². The van der Waals surface area contributed by atoms with Gasteiger partial charge in [-0.1, -0.05) is 0 Å². The number of rotatable bonds is 4. The van der Waals surface area contributed by atoms with E-state index in [0.717, 1.165) is 26.2 Å². The lowest BCUT2D eigenvalue weighted by Gasteiger charge is -2.21. The molecular formula is C10H13ClN7OP. The van der Waals surface area contributed by atoms with Gasteiger partial charge < -0.3 is 4.57 Å². The van der Waals surface area contributed by atoms with E-state index in [4.69, 9.17) is 11.6 Å². The van der Waals surface area contributed by atoms with Gasteiger partial charge in [0.05, 0.1) is 6.33 Å². The second kappa shape index (κ2) is 4.14. The normalized spacial score (nSPS) is 19.5. The summed E-state index contributed by atoms with van der Waals surface area (Å²) < 4.78 is 18.8. The van der Waals surface area contributed by atoms with Gasteiger partial charge in [-0.05, 0) is 11.6 Å². The van der Waals surface area contributed by atoms with Gasteiger partial charge in [0.25, 0.3) is 0 Å². The summed E-state index contributed by atoms with van der Waals surface area (Å²) in [6, 6.07) is 0. The van der Waals surface area contributed by atoms with Crippen LogP contribution in [0.15, 0.2) is 6.33 Å². The minimum Gasteiger partial charge on any atom is -0.329 e. The van der Waals surface area contributed by atoms with Crippen LogP contribution in [-0.2, 0) is 11.6 Å². The maximum Gasteiger partial charge on any atom is 0.309 e. The van der Waals surface area contributed by atoms with Crippen molar-refractivity contribution < 1.29 is 4.57 Å². The standard InChI is InChI=1S/C10H13ClN7OP/c1-16-6-12-8-7(16)9(14-10(11)13-8)15-20(19,17-2-3-17)18-4-5-18/h6H,2-5H2,1H3,(H,13,14,15,19). The predicted molar refractivity (Wildman–Crippen MR) is 75.7 cm³/mol. The number of aromatic nitrogens is 4. The van der Waals surface area contributed by atoms with E-state index >= 15 is 0 Å². The number of hydrogen-bond donors (Lipinski definition) is 1. The van der Waals surface area contributed by atoms with Crippen molar-refractivity contribution >= 4 is 36.2 Å². The van der Waals surface area contributed by atoms with E-state index in [1.807, 2.05) is 16.4 Å². The number of aryl methyl sites for hydroxylation is 1. The maximum atomic E-state index is 13.1. The van der Waals surface area contributed by atoms with Gasteiger partial charge in [0.2, 0.25) is 5.28 Å². The summed E-state index contributed by atoms with van der Waals surface area (Å²) in [5, 5.41) is 3.20. The van der Waals surface area contributed by atoms with Crippen molar-refractivity contribution in [2.24, 2.45) is 7.05 Å². The van der Waals surface area contributed by atoms with E-state index in [1.54, 1.807) is 10.9 Å². The molecule has 2 aliphatic rings. The van der Waals surface area contributed by atoms with Crippen LogP contribution in [0.3, 0.4) is 0 Å². The van der Waals surface area contributed by atoms with Gasteiger partial charge in [-0.25, -0.2) is 14.3 Å². The number of fused-ring (bicyclic) bond motifs is 1. The summed E-state index contributed by atoms with van der Waals surface area (Å²) in [5.74, 6) is 0.474. The summed E-state index contributed by atoms with van der Waals surface area (Å²) in [5.41, 5.74) is 1.21. The van der Waals surface area contributed by atoms with Gasteiger partial charge in [-0.2, -0.15) is 9.97 Å². The highest BCUT2D eigenvalue weighted by Crippen LogP contribution is 2.59. The summed E-state index contributed by atoms with van der Waals surface area (Å²) in [7, 11) is -0.911. The molecule has 2 saturated heterocycles. The van der Waals surface area contributed by atoms with Crippen LogP contribution < -0.4 is 5.09 Å². The Balaban J connectivity index is 1.81. The van der Waals surface area contributed by atoms with Crippen LogP contribution in [0.1, 0.15) is 0 Å². The van der Waals surface area contributed by atoms with Gasteiger partial charge in [-0.3, -0.25) is 9.65 Å². The van der Waals surface area contributed by atoms with Crippen LogP contribution in [0.5, 0.6) is 0 Å². The molecule has 8 nitrogen and oxygen atoms in total. The zero-order valence-corrected chi connectivity index (χ0v) is 12.5. The van der Waals surface area contributed by atoms with Gasteiger partial charge in [0.15, 0.2) is 11.5 Å². The average Bonchev–Trinajstić information content (AvgIpc) is 3.27. The van der Waals surface area contributed by atoms with Crippen LogP contribution in [-0.4, -0.2) is 55.0 Å². The fraction of sp³-hybridized carbons (Fsp3) is 0.500. The number of nitrogens with one attached hydrogen (secondary N) is 1. The van der Waals surface area contributed by atoms with Crippen molar-refractivity contribution in [1.29, 1.82) is 0 Å². The smallest absolute Gasteiger partial charge is 0.309 e. The highest BCUT2D eigenvalue weighted by atomic mass is 35.5. The Morgan fingerprint density at radius 3 is 2.50 bits per heavy atom. The molecule has 106 valence electrons. The molecule has 10 heteroatoms. The first-order valence-electron chi connectivity index (χ1n) is 6.32. The molecule has 2 fully saturated rings. The Morgan fingerprint density at radius 2 is 1.90 bits per heavy atom.